The van der Waals surface area contributed by atoms with E-state index < -0.39 is 28.1 Å². The van der Waals surface area contributed by atoms with Gasteiger partial charge in [0.15, 0.2) is 0 Å². The highest BCUT2D eigenvalue weighted by Crippen LogP contribution is 2.40. The van der Waals surface area contributed by atoms with Crippen LogP contribution in [0.4, 0.5) is 18.0 Å². The Morgan fingerprint density at radius 3 is 2.67 bits per heavy atom. The van der Waals surface area contributed by atoms with Crippen LogP contribution >= 0.6 is 11.8 Å². The molecule has 8 heteroatoms. The number of halogens is 3. The Balaban J connectivity index is 2.23. The van der Waals surface area contributed by atoms with Crippen molar-refractivity contribution >= 4 is 22.9 Å². The third-order valence-electron chi connectivity index (χ3n) is 3.03. The Hall–Kier alpha value is -1.54. The molecule has 1 atom stereocenters. The molecule has 2 amide bonds. The number of thioether (sulfide) groups is 1. The van der Waals surface area contributed by atoms with E-state index in [0.29, 0.717) is 6.54 Å². The maximum atomic E-state index is 12.7. The zero-order valence-electron chi connectivity index (χ0n) is 11.1. The summed E-state index contributed by atoms with van der Waals surface area (Å²) in [6, 6.07) is 4.53. The summed E-state index contributed by atoms with van der Waals surface area (Å²) in [6.07, 6.45) is -4.47. The number of benzene rings is 1. The lowest BCUT2D eigenvalue weighted by Gasteiger charge is -2.14. The molecule has 1 aliphatic heterocycles. The topological polar surface area (TPSA) is 49.4 Å². The number of carbonyl (C=O) groups is 2. The molecule has 0 saturated carbocycles. The molecule has 1 aliphatic rings. The molecule has 114 valence electrons. The van der Waals surface area contributed by atoms with Crippen molar-refractivity contribution in [2.75, 3.05) is 20.1 Å². The minimum Gasteiger partial charge on any atom is -0.318 e. The van der Waals surface area contributed by atoms with Gasteiger partial charge in [-0.2, -0.15) is 13.2 Å². The van der Waals surface area contributed by atoms with Crippen LogP contribution < -0.4 is 5.32 Å². The lowest BCUT2D eigenvalue weighted by Crippen LogP contribution is -2.35. The molecule has 2 rings (SSSR count). The smallest absolute Gasteiger partial charge is 0.318 e. The highest BCUT2D eigenvalue weighted by molar-refractivity contribution is 8.14. The first kappa shape index (κ1) is 15.8. The van der Waals surface area contributed by atoms with Gasteiger partial charge in [-0.15, -0.1) is 0 Å². The number of amides is 2. The molecule has 4 nitrogen and oxygen atoms in total. The summed E-state index contributed by atoms with van der Waals surface area (Å²) in [7, 11) is 1.68. The second-order valence-electron chi connectivity index (χ2n) is 4.48. The van der Waals surface area contributed by atoms with Crippen molar-refractivity contribution in [1.29, 1.82) is 0 Å². The highest BCUT2D eigenvalue weighted by Gasteiger charge is 2.41. The zero-order valence-corrected chi connectivity index (χ0v) is 11.9. The maximum absolute atomic E-state index is 12.7. The van der Waals surface area contributed by atoms with E-state index in [4.69, 9.17) is 0 Å². The van der Waals surface area contributed by atoms with E-state index in [1.807, 2.05) is 0 Å². The number of hydrogen-bond acceptors (Lipinski definition) is 4. The van der Waals surface area contributed by atoms with E-state index in [0.717, 1.165) is 28.8 Å². The van der Waals surface area contributed by atoms with Gasteiger partial charge in [0.05, 0.1) is 5.56 Å². The summed E-state index contributed by atoms with van der Waals surface area (Å²) in [6.45, 7) is 0.643. The molecule has 1 aromatic carbocycles. The third kappa shape index (κ3) is 3.38. The number of rotatable bonds is 4. The molecule has 1 N–H and O–H groups in total. The van der Waals surface area contributed by atoms with Crippen molar-refractivity contribution in [3.8, 4) is 0 Å². The average molecular weight is 318 g/mol. The summed E-state index contributed by atoms with van der Waals surface area (Å²) in [5, 5.41) is 1.48. The fourth-order valence-corrected chi connectivity index (χ4v) is 2.98. The first-order valence-electron chi connectivity index (χ1n) is 6.18. The lowest BCUT2D eigenvalue weighted by atomic mass is 10.1. The first-order chi connectivity index (χ1) is 9.84. The van der Waals surface area contributed by atoms with Crippen molar-refractivity contribution in [3.05, 3.63) is 35.4 Å². The van der Waals surface area contributed by atoms with Gasteiger partial charge >= 0.3 is 6.18 Å². The molecule has 1 fully saturated rings. The maximum Gasteiger partial charge on any atom is 0.416 e. The van der Waals surface area contributed by atoms with Gasteiger partial charge in [0.2, 0.25) is 5.91 Å². The molecule has 0 aliphatic carbocycles. The van der Waals surface area contributed by atoms with E-state index in [1.54, 1.807) is 7.05 Å². The summed E-state index contributed by atoms with van der Waals surface area (Å²) in [5.41, 5.74) is -0.630. The summed E-state index contributed by atoms with van der Waals surface area (Å²) in [5.74, 6) is -0.473. The fourth-order valence-electron chi connectivity index (χ4n) is 1.96. The molecule has 0 aromatic heterocycles. The van der Waals surface area contributed by atoms with Crippen LogP contribution in [-0.2, 0) is 11.0 Å². The Kier molecular flexibility index (Phi) is 4.58. The number of likely N-dealkylation sites (N-methyl/N-ethyl adjacent to an activating group) is 1. The van der Waals surface area contributed by atoms with Crippen molar-refractivity contribution in [1.82, 2.24) is 10.2 Å². The number of nitrogens with zero attached hydrogens (tertiary/aromatic N) is 1. The molecule has 21 heavy (non-hydrogen) atoms. The highest BCUT2D eigenvalue weighted by atomic mass is 32.2. The normalized spacial score (nSPS) is 19.4. The molecule has 0 radical (unpaired) electrons. The molecule has 1 saturated heterocycles. The van der Waals surface area contributed by atoms with Crippen molar-refractivity contribution in [2.24, 2.45) is 0 Å². The summed E-state index contributed by atoms with van der Waals surface area (Å²) in [4.78, 5) is 25.0. The summed E-state index contributed by atoms with van der Waals surface area (Å²) < 4.78 is 38.1. The van der Waals surface area contributed by atoms with Crippen LogP contribution in [0.3, 0.4) is 0 Å². The monoisotopic (exact) mass is 318 g/mol. The van der Waals surface area contributed by atoms with Crippen LogP contribution in [0.25, 0.3) is 0 Å². The van der Waals surface area contributed by atoms with E-state index in [9.17, 15) is 22.8 Å². The second kappa shape index (κ2) is 6.07. The first-order valence-corrected chi connectivity index (χ1v) is 7.06. The summed E-state index contributed by atoms with van der Waals surface area (Å²) >= 11 is 0.747. The molecular formula is C13H13F3N2O2S. The molecule has 1 aromatic rings. The standard InChI is InChI=1S/C13H13F3N2O2S/c1-17-5-6-18-11(19)10(21-12(18)20)8-3-2-4-9(7-8)13(14,15)16/h2-4,7,10,17H,5-6H2,1H3. The van der Waals surface area contributed by atoms with Crippen molar-refractivity contribution in [2.45, 2.75) is 11.4 Å². The van der Waals surface area contributed by atoms with E-state index in [2.05, 4.69) is 5.32 Å². The Bertz CT molecular complexity index is 563. The van der Waals surface area contributed by atoms with Crippen LogP contribution in [0.1, 0.15) is 16.4 Å². The number of hydrogen-bond donors (Lipinski definition) is 1. The van der Waals surface area contributed by atoms with Crippen LogP contribution in [0, 0.1) is 0 Å². The van der Waals surface area contributed by atoms with Crippen molar-refractivity contribution < 1.29 is 22.8 Å². The van der Waals surface area contributed by atoms with Crippen LogP contribution in [0.2, 0.25) is 0 Å². The van der Waals surface area contributed by atoms with Gasteiger partial charge in [-0.25, -0.2) is 0 Å². The van der Waals surface area contributed by atoms with Gasteiger partial charge in [0, 0.05) is 13.1 Å². The largest absolute Gasteiger partial charge is 0.416 e. The Labute approximate surface area is 123 Å². The van der Waals surface area contributed by atoms with Crippen molar-refractivity contribution in [3.63, 3.8) is 0 Å². The molecule has 0 bridgehead atoms. The number of nitrogens with one attached hydrogen (secondary N) is 1. The number of alkyl halides is 3. The van der Waals surface area contributed by atoms with Crippen LogP contribution in [0.5, 0.6) is 0 Å². The predicted molar refractivity (Wildman–Crippen MR) is 72.8 cm³/mol. The minimum absolute atomic E-state index is 0.195. The molecule has 1 unspecified atom stereocenters. The van der Waals surface area contributed by atoms with Gasteiger partial charge in [0.25, 0.3) is 5.24 Å². The molecule has 1 heterocycles. The van der Waals surface area contributed by atoms with Crippen LogP contribution in [0.15, 0.2) is 24.3 Å². The molecule has 0 spiro atoms. The van der Waals surface area contributed by atoms with Gasteiger partial charge in [0.1, 0.15) is 5.25 Å². The van der Waals surface area contributed by atoms with Gasteiger partial charge in [-0.1, -0.05) is 18.2 Å². The van der Waals surface area contributed by atoms with Gasteiger partial charge < -0.3 is 5.32 Å². The minimum atomic E-state index is -4.47. The van der Waals surface area contributed by atoms with E-state index in [1.165, 1.54) is 12.1 Å². The molecular weight excluding hydrogens is 305 g/mol. The lowest BCUT2D eigenvalue weighted by molar-refractivity contribution is -0.137. The number of imide groups is 1. The van der Waals surface area contributed by atoms with Gasteiger partial charge in [-0.05, 0) is 30.4 Å². The van der Waals surface area contributed by atoms with E-state index >= 15 is 0 Å². The zero-order chi connectivity index (χ0) is 15.6. The SMILES string of the molecule is CNCCN1C(=O)SC(c2cccc(C(F)(F)F)c2)C1=O. The quantitative estimate of drug-likeness (QED) is 0.927. The number of carbonyl (C=O) groups excluding carboxylic acids is 2. The third-order valence-corrected chi connectivity index (χ3v) is 4.16. The van der Waals surface area contributed by atoms with Crippen LogP contribution in [-0.4, -0.2) is 36.2 Å². The fraction of sp³-hybridized carbons (Fsp3) is 0.385. The van der Waals surface area contributed by atoms with Gasteiger partial charge in [-0.3, -0.25) is 14.5 Å². The average Bonchev–Trinajstić information content (AvgIpc) is 2.71. The predicted octanol–water partition coefficient (Wildman–Crippen LogP) is 2.66. The Morgan fingerprint density at radius 2 is 2.05 bits per heavy atom. The van der Waals surface area contributed by atoms with E-state index in [-0.39, 0.29) is 12.1 Å². The Morgan fingerprint density at radius 1 is 1.33 bits per heavy atom. The second-order valence-corrected chi connectivity index (χ2v) is 5.54.